The topological polar surface area (TPSA) is 29.5 Å². The molecular weight excluding hydrogens is 322 g/mol. The summed E-state index contributed by atoms with van der Waals surface area (Å²) < 4.78 is 6.34. The van der Waals surface area contributed by atoms with Crippen LogP contribution < -0.4 is 4.74 Å². The van der Waals surface area contributed by atoms with Crippen LogP contribution >= 0.6 is 0 Å². The van der Waals surface area contributed by atoms with Gasteiger partial charge >= 0.3 is 0 Å². The molecule has 1 aliphatic heterocycles. The van der Waals surface area contributed by atoms with Crippen molar-refractivity contribution in [1.29, 1.82) is 0 Å². The normalized spacial score (nSPS) is 15.8. The lowest BCUT2D eigenvalue weighted by atomic mass is 9.99. The Kier molecular flexibility index (Phi) is 6.45. The molecule has 1 fully saturated rings. The number of carbonyl (C=O) groups is 1. The molecule has 3 rings (SSSR count). The number of aldehydes is 1. The number of benzene rings is 2. The average molecular weight is 351 g/mol. The quantitative estimate of drug-likeness (QED) is 0.591. The Morgan fingerprint density at radius 2 is 1.92 bits per heavy atom. The van der Waals surface area contributed by atoms with E-state index in [1.807, 2.05) is 24.3 Å². The monoisotopic (exact) mass is 351 g/mol. The van der Waals surface area contributed by atoms with Crippen molar-refractivity contribution in [2.45, 2.75) is 52.2 Å². The van der Waals surface area contributed by atoms with Crippen LogP contribution in [0.2, 0.25) is 0 Å². The van der Waals surface area contributed by atoms with Gasteiger partial charge in [-0.1, -0.05) is 43.7 Å². The number of nitrogens with zero attached hydrogens (tertiary/aromatic N) is 1. The largest absolute Gasteiger partial charge is 0.474 e. The van der Waals surface area contributed by atoms with Gasteiger partial charge in [0.15, 0.2) is 12.5 Å². The zero-order chi connectivity index (χ0) is 18.4. The predicted octanol–water partition coefficient (Wildman–Crippen LogP) is 5.47. The minimum atomic E-state index is 0.0699. The molecule has 0 bridgehead atoms. The van der Waals surface area contributed by atoms with Crippen molar-refractivity contribution >= 4 is 6.29 Å². The van der Waals surface area contributed by atoms with Crippen LogP contribution in [0.25, 0.3) is 11.1 Å². The number of unbranched alkanes of at least 4 members (excludes halogenated alkanes) is 1. The van der Waals surface area contributed by atoms with E-state index in [0.29, 0.717) is 11.3 Å². The maximum absolute atomic E-state index is 11.7. The van der Waals surface area contributed by atoms with Crippen LogP contribution in [0.4, 0.5) is 0 Å². The standard InChI is InChI=1S/C23H29NO2/c1-3-4-11-23(24-14-7-8-15-24)26-22-13-12-19(16-20(22)17-25)21-10-6-5-9-18(21)2/h5-6,9-10,12-13,16-17,23H,3-4,7-8,11,14-15H2,1-2H3. The van der Waals surface area contributed by atoms with Crippen molar-refractivity contribution in [2.75, 3.05) is 13.1 Å². The van der Waals surface area contributed by atoms with Gasteiger partial charge in [-0.2, -0.15) is 0 Å². The number of aryl methyl sites for hydroxylation is 1. The van der Waals surface area contributed by atoms with Gasteiger partial charge in [-0.15, -0.1) is 0 Å². The smallest absolute Gasteiger partial charge is 0.153 e. The van der Waals surface area contributed by atoms with Gasteiger partial charge < -0.3 is 4.74 Å². The molecule has 0 spiro atoms. The molecule has 1 saturated heterocycles. The van der Waals surface area contributed by atoms with E-state index in [4.69, 9.17) is 4.74 Å². The summed E-state index contributed by atoms with van der Waals surface area (Å²) in [7, 11) is 0. The number of rotatable bonds is 8. The zero-order valence-corrected chi connectivity index (χ0v) is 15.9. The van der Waals surface area contributed by atoms with Gasteiger partial charge in [0.1, 0.15) is 5.75 Å². The van der Waals surface area contributed by atoms with Gasteiger partial charge in [0.2, 0.25) is 0 Å². The third-order valence-corrected chi connectivity index (χ3v) is 5.21. The fraction of sp³-hybridized carbons (Fsp3) is 0.435. The Bertz CT molecular complexity index is 735. The van der Waals surface area contributed by atoms with Crippen molar-refractivity contribution in [3.8, 4) is 16.9 Å². The summed E-state index contributed by atoms with van der Waals surface area (Å²) >= 11 is 0. The number of likely N-dealkylation sites (tertiary alicyclic amines) is 1. The summed E-state index contributed by atoms with van der Waals surface area (Å²) in [6, 6.07) is 14.2. The molecule has 0 radical (unpaired) electrons. The Morgan fingerprint density at radius 3 is 2.62 bits per heavy atom. The molecule has 2 aromatic rings. The number of carbonyl (C=O) groups excluding carboxylic acids is 1. The van der Waals surface area contributed by atoms with Gasteiger partial charge in [-0.05, 0) is 61.4 Å². The van der Waals surface area contributed by atoms with Gasteiger partial charge in [0.25, 0.3) is 0 Å². The van der Waals surface area contributed by atoms with Gasteiger partial charge in [0.05, 0.1) is 5.56 Å². The molecular formula is C23H29NO2. The Hall–Kier alpha value is -2.13. The molecule has 1 aliphatic rings. The zero-order valence-electron chi connectivity index (χ0n) is 15.9. The highest BCUT2D eigenvalue weighted by Crippen LogP contribution is 2.30. The molecule has 1 heterocycles. The summed E-state index contributed by atoms with van der Waals surface area (Å²) in [6.45, 7) is 6.47. The maximum atomic E-state index is 11.7. The highest BCUT2D eigenvalue weighted by Gasteiger charge is 2.24. The fourth-order valence-electron chi connectivity index (χ4n) is 3.68. The van der Waals surface area contributed by atoms with Crippen molar-refractivity contribution in [3.05, 3.63) is 53.6 Å². The number of hydrogen-bond acceptors (Lipinski definition) is 3. The molecule has 3 heteroatoms. The lowest BCUT2D eigenvalue weighted by Gasteiger charge is -2.28. The predicted molar refractivity (Wildman–Crippen MR) is 107 cm³/mol. The van der Waals surface area contributed by atoms with E-state index in [1.54, 1.807) is 0 Å². The van der Waals surface area contributed by atoms with Crippen LogP contribution in [-0.4, -0.2) is 30.5 Å². The second-order valence-corrected chi connectivity index (χ2v) is 7.14. The summed E-state index contributed by atoms with van der Waals surface area (Å²) in [5, 5.41) is 0. The minimum absolute atomic E-state index is 0.0699. The molecule has 2 aromatic carbocycles. The highest BCUT2D eigenvalue weighted by atomic mass is 16.5. The second kappa shape index (κ2) is 9.00. The van der Waals surface area contributed by atoms with Crippen LogP contribution in [0.1, 0.15) is 54.9 Å². The fourth-order valence-corrected chi connectivity index (χ4v) is 3.68. The Morgan fingerprint density at radius 1 is 1.15 bits per heavy atom. The molecule has 0 saturated carbocycles. The van der Waals surface area contributed by atoms with Crippen LogP contribution in [0.15, 0.2) is 42.5 Å². The minimum Gasteiger partial charge on any atom is -0.474 e. The van der Waals surface area contributed by atoms with Crippen LogP contribution in [0, 0.1) is 6.92 Å². The van der Waals surface area contributed by atoms with Crippen molar-refractivity contribution in [1.82, 2.24) is 4.90 Å². The van der Waals surface area contributed by atoms with Gasteiger partial charge in [-0.3, -0.25) is 9.69 Å². The molecule has 1 unspecified atom stereocenters. The molecule has 0 amide bonds. The molecule has 0 N–H and O–H groups in total. The van der Waals surface area contributed by atoms with Crippen LogP contribution in [-0.2, 0) is 0 Å². The van der Waals surface area contributed by atoms with E-state index in [2.05, 4.69) is 36.9 Å². The van der Waals surface area contributed by atoms with E-state index in [9.17, 15) is 4.79 Å². The molecule has 26 heavy (non-hydrogen) atoms. The number of hydrogen-bond donors (Lipinski definition) is 0. The van der Waals surface area contributed by atoms with Crippen LogP contribution in [0.3, 0.4) is 0 Å². The average Bonchev–Trinajstić information content (AvgIpc) is 3.20. The first-order valence-corrected chi connectivity index (χ1v) is 9.79. The Balaban J connectivity index is 1.84. The molecule has 138 valence electrons. The summed E-state index contributed by atoms with van der Waals surface area (Å²) in [6.07, 6.45) is 6.75. The SMILES string of the molecule is CCCCC(Oc1ccc(-c2ccccc2C)cc1C=O)N1CCCC1. The third-order valence-electron chi connectivity index (χ3n) is 5.21. The van der Waals surface area contributed by atoms with Gasteiger partial charge in [0, 0.05) is 13.1 Å². The van der Waals surface area contributed by atoms with E-state index >= 15 is 0 Å². The molecule has 0 aromatic heterocycles. The molecule has 1 atom stereocenters. The lowest BCUT2D eigenvalue weighted by Crippen LogP contribution is -2.37. The summed E-state index contributed by atoms with van der Waals surface area (Å²) in [4.78, 5) is 14.1. The van der Waals surface area contributed by atoms with E-state index in [1.165, 1.54) is 18.4 Å². The molecule has 0 aliphatic carbocycles. The third kappa shape index (κ3) is 4.34. The summed E-state index contributed by atoms with van der Waals surface area (Å²) in [5.41, 5.74) is 4.05. The van der Waals surface area contributed by atoms with E-state index in [0.717, 1.165) is 49.8 Å². The van der Waals surface area contributed by atoms with E-state index in [-0.39, 0.29) is 6.23 Å². The number of ether oxygens (including phenoxy) is 1. The van der Waals surface area contributed by atoms with Crippen molar-refractivity contribution in [2.24, 2.45) is 0 Å². The van der Waals surface area contributed by atoms with Crippen molar-refractivity contribution < 1.29 is 9.53 Å². The summed E-state index contributed by atoms with van der Waals surface area (Å²) in [5.74, 6) is 0.699. The van der Waals surface area contributed by atoms with Crippen molar-refractivity contribution in [3.63, 3.8) is 0 Å². The first-order chi connectivity index (χ1) is 12.7. The first kappa shape index (κ1) is 18.7. The van der Waals surface area contributed by atoms with Crippen LogP contribution in [0.5, 0.6) is 5.75 Å². The highest BCUT2D eigenvalue weighted by molar-refractivity contribution is 5.83. The second-order valence-electron chi connectivity index (χ2n) is 7.14. The first-order valence-electron chi connectivity index (χ1n) is 9.79. The Labute approximate surface area is 157 Å². The van der Waals surface area contributed by atoms with E-state index < -0.39 is 0 Å². The molecule has 3 nitrogen and oxygen atoms in total. The van der Waals surface area contributed by atoms with Gasteiger partial charge in [-0.25, -0.2) is 0 Å². The lowest BCUT2D eigenvalue weighted by molar-refractivity contribution is 0.0340. The maximum Gasteiger partial charge on any atom is 0.153 e.